The van der Waals surface area contributed by atoms with Crippen molar-refractivity contribution in [1.29, 1.82) is 0 Å². The van der Waals surface area contributed by atoms with Gasteiger partial charge in [-0.25, -0.2) is 4.52 Å². The minimum absolute atomic E-state index is 0.154. The maximum atomic E-state index is 12.6. The van der Waals surface area contributed by atoms with Crippen LogP contribution < -0.4 is 0 Å². The fourth-order valence-corrected chi connectivity index (χ4v) is 3.85. The largest absolute Gasteiger partial charge is 0.468 e. The maximum Gasteiger partial charge on any atom is 0.317 e. The predicted octanol–water partition coefficient (Wildman–Crippen LogP) is 2.65. The Labute approximate surface area is 146 Å². The highest BCUT2D eigenvalue weighted by molar-refractivity contribution is 5.84. The van der Waals surface area contributed by atoms with Crippen molar-refractivity contribution in [2.45, 2.75) is 18.4 Å². The van der Waals surface area contributed by atoms with Crippen LogP contribution in [0.25, 0.3) is 5.52 Å². The average molecular weight is 335 g/mol. The summed E-state index contributed by atoms with van der Waals surface area (Å²) in [5, 5.41) is 4.40. The van der Waals surface area contributed by atoms with Crippen LogP contribution in [0.2, 0.25) is 0 Å². The van der Waals surface area contributed by atoms with Crippen LogP contribution in [0.15, 0.2) is 60.8 Å². The fraction of sp³-hybridized carbons (Fsp3) is 0.300. The molecule has 0 bridgehead atoms. The molecule has 1 fully saturated rings. The Bertz CT molecular complexity index is 890. The van der Waals surface area contributed by atoms with E-state index >= 15 is 0 Å². The number of likely N-dealkylation sites (tertiary alicyclic amines) is 1. The first-order valence-corrected chi connectivity index (χ1v) is 8.51. The van der Waals surface area contributed by atoms with E-state index in [-0.39, 0.29) is 5.97 Å². The van der Waals surface area contributed by atoms with Gasteiger partial charge in [-0.1, -0.05) is 36.4 Å². The number of hydrogen-bond acceptors (Lipinski definition) is 4. The zero-order chi connectivity index (χ0) is 17.3. The summed E-state index contributed by atoms with van der Waals surface area (Å²) in [6, 6.07) is 18.1. The first-order chi connectivity index (χ1) is 12.2. The van der Waals surface area contributed by atoms with Crippen molar-refractivity contribution >= 4 is 11.5 Å². The van der Waals surface area contributed by atoms with Gasteiger partial charge in [0.1, 0.15) is 5.41 Å². The number of aromatic nitrogens is 2. The van der Waals surface area contributed by atoms with Crippen LogP contribution in [0.4, 0.5) is 0 Å². The number of pyridine rings is 1. The highest BCUT2D eigenvalue weighted by Gasteiger charge is 2.47. The van der Waals surface area contributed by atoms with E-state index in [2.05, 4.69) is 16.1 Å². The van der Waals surface area contributed by atoms with Gasteiger partial charge >= 0.3 is 5.97 Å². The quantitative estimate of drug-likeness (QED) is 0.688. The third kappa shape index (κ3) is 2.70. The molecule has 5 nitrogen and oxygen atoms in total. The van der Waals surface area contributed by atoms with Crippen molar-refractivity contribution in [1.82, 2.24) is 14.5 Å². The topological polar surface area (TPSA) is 46.8 Å². The summed E-state index contributed by atoms with van der Waals surface area (Å²) < 4.78 is 7.12. The van der Waals surface area contributed by atoms with E-state index < -0.39 is 5.41 Å². The van der Waals surface area contributed by atoms with Crippen molar-refractivity contribution in [3.8, 4) is 0 Å². The second kappa shape index (κ2) is 6.33. The molecule has 1 aliphatic heterocycles. The summed E-state index contributed by atoms with van der Waals surface area (Å²) in [7, 11) is 1.47. The number of fused-ring (bicyclic) bond motifs is 1. The third-order valence-electron chi connectivity index (χ3n) is 5.14. The van der Waals surface area contributed by atoms with Gasteiger partial charge in [0.15, 0.2) is 0 Å². The van der Waals surface area contributed by atoms with E-state index in [0.29, 0.717) is 6.54 Å². The fourth-order valence-electron chi connectivity index (χ4n) is 3.85. The molecule has 25 heavy (non-hydrogen) atoms. The summed E-state index contributed by atoms with van der Waals surface area (Å²) in [5.41, 5.74) is 2.64. The number of carbonyl (C=O) groups excluding carboxylic acids is 1. The lowest BCUT2D eigenvalue weighted by atomic mass is 9.79. The molecule has 4 rings (SSSR count). The summed E-state index contributed by atoms with van der Waals surface area (Å²) in [5.74, 6) is -0.154. The first kappa shape index (κ1) is 15.8. The summed E-state index contributed by atoms with van der Waals surface area (Å²) in [4.78, 5) is 14.9. The van der Waals surface area contributed by atoms with E-state index in [9.17, 15) is 4.79 Å². The maximum absolute atomic E-state index is 12.6. The van der Waals surface area contributed by atoms with Gasteiger partial charge in [0.2, 0.25) is 0 Å². The Kier molecular flexibility index (Phi) is 4.01. The van der Waals surface area contributed by atoms with Gasteiger partial charge in [0, 0.05) is 25.8 Å². The van der Waals surface area contributed by atoms with E-state index in [1.54, 1.807) is 0 Å². The van der Waals surface area contributed by atoms with Crippen LogP contribution in [-0.2, 0) is 21.5 Å². The number of benzene rings is 1. The summed E-state index contributed by atoms with van der Waals surface area (Å²) in [6.07, 6.45) is 2.57. The van der Waals surface area contributed by atoms with Crippen molar-refractivity contribution in [2.24, 2.45) is 0 Å². The molecular formula is C20H21N3O2. The van der Waals surface area contributed by atoms with E-state index in [1.165, 1.54) is 7.11 Å². The minimum atomic E-state index is -0.589. The van der Waals surface area contributed by atoms with Gasteiger partial charge in [-0.2, -0.15) is 5.10 Å². The molecule has 128 valence electrons. The Morgan fingerprint density at radius 1 is 1.16 bits per heavy atom. The summed E-state index contributed by atoms with van der Waals surface area (Å²) >= 11 is 0. The molecule has 0 saturated carbocycles. The number of esters is 1. The molecule has 0 aliphatic carbocycles. The normalized spacial score (nSPS) is 20.8. The molecule has 1 saturated heterocycles. The van der Waals surface area contributed by atoms with Crippen molar-refractivity contribution in [3.63, 3.8) is 0 Å². The highest BCUT2D eigenvalue weighted by Crippen LogP contribution is 2.36. The van der Waals surface area contributed by atoms with Crippen LogP contribution >= 0.6 is 0 Å². The summed E-state index contributed by atoms with van der Waals surface area (Å²) in [6.45, 7) is 2.26. The Morgan fingerprint density at radius 3 is 2.80 bits per heavy atom. The Hall–Kier alpha value is -2.66. The molecule has 0 spiro atoms. The Balaban J connectivity index is 1.62. The van der Waals surface area contributed by atoms with Gasteiger partial charge in [-0.15, -0.1) is 0 Å². The lowest BCUT2D eigenvalue weighted by Gasteiger charge is -2.27. The predicted molar refractivity (Wildman–Crippen MR) is 95.2 cm³/mol. The number of ether oxygens (including phenoxy) is 1. The van der Waals surface area contributed by atoms with E-state index in [4.69, 9.17) is 4.74 Å². The molecule has 1 aliphatic rings. The van der Waals surface area contributed by atoms with Crippen LogP contribution in [0, 0.1) is 0 Å². The molecule has 1 unspecified atom stereocenters. The SMILES string of the molecule is COC(=O)C1(c2ccccc2)CCN(Cc2cccc3ccnn23)C1. The van der Waals surface area contributed by atoms with Crippen LogP contribution in [0.5, 0.6) is 0 Å². The molecule has 1 atom stereocenters. The first-order valence-electron chi connectivity index (χ1n) is 8.51. The molecule has 0 amide bonds. The van der Waals surface area contributed by atoms with Gasteiger partial charge in [0.05, 0.1) is 18.3 Å². The van der Waals surface area contributed by atoms with Crippen molar-refractivity contribution < 1.29 is 9.53 Å². The molecule has 1 aromatic carbocycles. The number of nitrogens with zero attached hydrogens (tertiary/aromatic N) is 3. The lowest BCUT2D eigenvalue weighted by molar-refractivity contribution is -0.147. The van der Waals surface area contributed by atoms with Crippen LogP contribution in [0.1, 0.15) is 17.7 Å². The van der Waals surface area contributed by atoms with Gasteiger partial charge in [-0.05, 0) is 30.2 Å². The zero-order valence-corrected chi connectivity index (χ0v) is 14.3. The van der Waals surface area contributed by atoms with Crippen molar-refractivity contribution in [2.75, 3.05) is 20.2 Å². The second-order valence-corrected chi connectivity index (χ2v) is 6.59. The van der Waals surface area contributed by atoms with E-state index in [1.807, 2.05) is 59.2 Å². The van der Waals surface area contributed by atoms with Gasteiger partial charge < -0.3 is 4.74 Å². The zero-order valence-electron chi connectivity index (χ0n) is 14.3. The standard InChI is InChI=1S/C20H21N3O2/c1-25-19(24)20(16-6-3-2-4-7-16)11-13-22(15-20)14-18-9-5-8-17-10-12-21-23(17)18/h2-10,12H,11,13-15H2,1H3. The lowest BCUT2D eigenvalue weighted by Crippen LogP contribution is -2.40. The molecular weight excluding hydrogens is 314 g/mol. The van der Waals surface area contributed by atoms with E-state index in [0.717, 1.165) is 36.3 Å². The van der Waals surface area contributed by atoms with Crippen LogP contribution in [0.3, 0.4) is 0 Å². The number of carbonyl (C=O) groups is 1. The van der Waals surface area contributed by atoms with Gasteiger partial charge in [0.25, 0.3) is 0 Å². The third-order valence-corrected chi connectivity index (χ3v) is 5.14. The molecule has 3 aromatic rings. The average Bonchev–Trinajstić information content (AvgIpc) is 3.30. The number of rotatable bonds is 4. The smallest absolute Gasteiger partial charge is 0.317 e. The Morgan fingerprint density at radius 2 is 2.00 bits per heavy atom. The molecule has 3 heterocycles. The number of methoxy groups -OCH3 is 1. The highest BCUT2D eigenvalue weighted by atomic mass is 16.5. The van der Waals surface area contributed by atoms with Gasteiger partial charge in [-0.3, -0.25) is 9.69 Å². The molecule has 0 radical (unpaired) electrons. The minimum Gasteiger partial charge on any atom is -0.468 e. The molecule has 0 N–H and O–H groups in total. The van der Waals surface area contributed by atoms with Crippen LogP contribution in [-0.4, -0.2) is 40.7 Å². The molecule has 5 heteroatoms. The second-order valence-electron chi connectivity index (χ2n) is 6.59. The van der Waals surface area contributed by atoms with Crippen molar-refractivity contribution in [3.05, 3.63) is 72.1 Å². The monoisotopic (exact) mass is 335 g/mol. The number of hydrogen-bond donors (Lipinski definition) is 0. The molecule has 2 aromatic heterocycles.